The monoisotopic (exact) mass is 1430 g/mol. The molecule has 0 spiro atoms. The Kier molecular flexibility index (Phi) is 32.1. The van der Waals surface area contributed by atoms with Gasteiger partial charge in [-0.15, -0.1) is 0 Å². The zero-order chi connectivity index (χ0) is 63.0. The number of benzene rings is 8. The maximum Gasteiger partial charge on any atom is 1.00 e. The van der Waals surface area contributed by atoms with Crippen LogP contribution in [0.2, 0.25) is 0 Å². The number of carbonyl (C=O) groups excluding carboxylic acids is 5. The van der Waals surface area contributed by atoms with Crippen LogP contribution in [0.15, 0.2) is 163 Å². The van der Waals surface area contributed by atoms with Crippen molar-refractivity contribution in [1.82, 2.24) is 0 Å². The molecule has 0 atom stereocenters. The normalized spacial score (nSPS) is 11.3. The van der Waals surface area contributed by atoms with Crippen molar-refractivity contribution in [2.45, 2.75) is 43.2 Å². The molecule has 0 bridgehead atoms. The fourth-order valence-electron chi connectivity index (χ4n) is 8.38. The number of hydrogen-bond donors (Lipinski definition) is 6. The fourth-order valence-corrected chi connectivity index (χ4v) is 12.2. The van der Waals surface area contributed by atoms with Crippen molar-refractivity contribution < 1.29 is 281 Å². The van der Waals surface area contributed by atoms with Crippen LogP contribution in [0.4, 0.5) is 38.9 Å². The molecule has 448 valence electrons. The van der Waals surface area contributed by atoms with Crippen LogP contribution >= 0.6 is 12.0 Å². The van der Waals surface area contributed by atoms with Gasteiger partial charge in [0.2, 0.25) is 0 Å². The van der Waals surface area contributed by atoms with Crippen LogP contribution < -0.4 is 215 Å². The summed E-state index contributed by atoms with van der Waals surface area (Å²) in [7, 11) is -27.5. The summed E-state index contributed by atoms with van der Waals surface area (Å²) in [4.78, 5) is 61.4. The van der Waals surface area contributed by atoms with Crippen LogP contribution in [0.25, 0.3) is 21.5 Å². The molecule has 0 saturated carbocycles. The van der Waals surface area contributed by atoms with E-state index in [1.807, 2.05) is 0 Å². The average molecular weight is 1430 g/mol. The van der Waals surface area contributed by atoms with Crippen LogP contribution in [-0.4, -0.2) is 94.5 Å². The first-order chi connectivity index (χ1) is 40.1. The first-order valence-electron chi connectivity index (χ1n) is 23.5. The van der Waals surface area contributed by atoms with Gasteiger partial charge in [-0.3, -0.25) is 24.2 Å². The molecular weight excluding hydrogens is 1390 g/mol. The third kappa shape index (κ3) is 21.1. The van der Waals surface area contributed by atoms with Crippen molar-refractivity contribution in [1.29, 1.82) is 0 Å². The summed E-state index contributed by atoms with van der Waals surface area (Å²) in [6, 6.07) is 23.0. The molecule has 0 unspecified atom stereocenters. The topological polar surface area (TPSA) is 485 Å². The first-order valence-corrected chi connectivity index (χ1v) is 31.3. The summed E-state index contributed by atoms with van der Waals surface area (Å²) in [5.41, 5.74) is -0.0734. The van der Waals surface area contributed by atoms with E-state index in [1.165, 1.54) is 84.9 Å². The SMILES string of the molecule is Cc1ccc(C(=O)Nc2ccc(S(=O)(=O)[O-])c3cc(S(=O)(=O)[O-])cc(SOO[O-])c23)cc1NC(=O)c1cccc(NC(=O)Nc2cccc(C(=O)Nc3cc(C(=O)Nc4ccc(S(=O)(=O)[O-])c5cc(S(=O)(=O)[O-])cc(S(=O)(=O)[O-])c45)ccc3C)c2)c1.[Na+].[Na+].[Na+].[Na+].[Na+].[Na+]. The van der Waals surface area contributed by atoms with E-state index >= 15 is 0 Å². The predicted molar refractivity (Wildman–Crippen MR) is 295 cm³/mol. The van der Waals surface area contributed by atoms with E-state index in [0.29, 0.717) is 35.4 Å². The molecular formula is C51H34N6Na6O23S6. The third-order valence-electron chi connectivity index (χ3n) is 12.3. The number of carbonyl (C=O) groups is 5. The predicted octanol–water partition coefficient (Wildman–Crippen LogP) is -13.0. The zero-order valence-electron chi connectivity index (χ0n) is 49.0. The summed E-state index contributed by atoms with van der Waals surface area (Å²) in [5, 5.41) is 26.3. The van der Waals surface area contributed by atoms with Crippen molar-refractivity contribution in [2.24, 2.45) is 0 Å². The number of hydrogen-bond acceptors (Lipinski definition) is 24. The van der Waals surface area contributed by atoms with Gasteiger partial charge in [0, 0.05) is 71.4 Å². The van der Waals surface area contributed by atoms with Gasteiger partial charge >= 0.3 is 183 Å². The summed E-state index contributed by atoms with van der Waals surface area (Å²) in [6.07, 6.45) is 0. The standard InChI is InChI=1S/C51H40N6O23S6.6Na/c1-25-9-11-29(49(60)54-37-13-15-42(84(70,71)72)35-21-33(82(64,65)66)23-41(45(35)37)81-80-79-63)19-39(25)56-47(58)27-5-3-7-31(17-27)52-51(62)53-32-8-4-6-28(18-32)48(59)57-40-20-30(12-10-26(40)2)50(61)55-38-14-16-43(85(73,74)75)36-22-34(83(67,68)69)24-44(46(36)38)86(76,77)78;;;;;;/h3-24,63H,1-2H3,(H,54,60)(H,55,61)(H,56,58)(H,57,59)(H2,52,53,62)(H,64,65,66)(H,67,68,69)(H,70,71,72)(H,73,74,75)(H,76,77,78);;;;;;/q;6*+1/p-6. The van der Waals surface area contributed by atoms with E-state index in [1.54, 1.807) is 13.8 Å². The minimum atomic E-state index is -5.74. The largest absolute Gasteiger partial charge is 1.00 e. The van der Waals surface area contributed by atoms with E-state index in [9.17, 15) is 94.1 Å². The Morgan fingerprint density at radius 2 is 0.739 bits per heavy atom. The van der Waals surface area contributed by atoms with Gasteiger partial charge < -0.3 is 59.9 Å². The minimum absolute atomic E-state index is 0. The van der Waals surface area contributed by atoms with Gasteiger partial charge in [-0.2, -0.15) is 4.33 Å². The second kappa shape index (κ2) is 34.6. The average Bonchev–Trinajstić information content (AvgIpc) is 0.786. The minimum Gasteiger partial charge on any atom is -0.744 e. The van der Waals surface area contributed by atoms with E-state index in [-0.39, 0.29) is 252 Å². The Morgan fingerprint density at radius 1 is 0.380 bits per heavy atom. The van der Waals surface area contributed by atoms with E-state index in [0.717, 1.165) is 18.2 Å². The van der Waals surface area contributed by atoms with Crippen LogP contribution in [0.5, 0.6) is 0 Å². The number of rotatable bonds is 18. The number of fused-ring (bicyclic) bond motifs is 2. The van der Waals surface area contributed by atoms with Gasteiger partial charge in [0.15, 0.2) is 0 Å². The summed E-state index contributed by atoms with van der Waals surface area (Å²) < 4.78 is 186. The van der Waals surface area contributed by atoms with Crippen molar-refractivity contribution in [3.8, 4) is 0 Å². The molecule has 0 aliphatic carbocycles. The van der Waals surface area contributed by atoms with Crippen molar-refractivity contribution in [3.63, 3.8) is 0 Å². The molecule has 0 radical (unpaired) electrons. The quantitative estimate of drug-likeness (QED) is 0.0153. The Hall–Kier alpha value is -2.79. The van der Waals surface area contributed by atoms with Gasteiger partial charge in [0.25, 0.3) is 23.6 Å². The first kappa shape index (κ1) is 85.3. The van der Waals surface area contributed by atoms with Crippen molar-refractivity contribution >= 4 is 148 Å². The van der Waals surface area contributed by atoms with Crippen LogP contribution in [0, 0.1) is 13.8 Å². The number of nitrogens with one attached hydrogen (secondary N) is 6. The molecule has 0 saturated heterocycles. The maximum absolute atomic E-state index is 13.7. The van der Waals surface area contributed by atoms with Crippen molar-refractivity contribution in [3.05, 3.63) is 167 Å². The molecule has 8 rings (SSSR count). The molecule has 0 heterocycles. The molecule has 6 N–H and O–H groups in total. The van der Waals surface area contributed by atoms with E-state index in [4.69, 9.17) is 0 Å². The van der Waals surface area contributed by atoms with Crippen LogP contribution in [0.3, 0.4) is 0 Å². The second-order valence-electron chi connectivity index (χ2n) is 18.0. The Balaban J connectivity index is 0.00000480. The molecule has 8 aromatic carbocycles. The molecule has 0 fully saturated rings. The smallest absolute Gasteiger partial charge is 0.744 e. The summed E-state index contributed by atoms with van der Waals surface area (Å²) >= 11 is 0.0311. The number of urea groups is 1. The summed E-state index contributed by atoms with van der Waals surface area (Å²) in [6.45, 7) is 3.13. The van der Waals surface area contributed by atoms with Gasteiger partial charge in [0.1, 0.15) is 50.6 Å². The molecule has 6 amide bonds. The molecule has 41 heteroatoms. The summed E-state index contributed by atoms with van der Waals surface area (Å²) in [5.74, 6) is -3.47. The fraction of sp³-hybridized carbons (Fsp3) is 0.0392. The second-order valence-corrected chi connectivity index (χ2v) is 25.6. The number of aryl methyl sites for hydroxylation is 2. The molecule has 0 aliphatic rings. The number of amides is 6. The van der Waals surface area contributed by atoms with Gasteiger partial charge in [0.05, 0.1) is 47.9 Å². The molecule has 29 nitrogen and oxygen atoms in total. The third-order valence-corrected chi connectivity index (χ3v) is 17.2. The van der Waals surface area contributed by atoms with Gasteiger partial charge in [-0.1, -0.05) is 24.3 Å². The van der Waals surface area contributed by atoms with Gasteiger partial charge in [-0.05, 0) is 134 Å². The molecule has 0 aromatic heterocycles. The van der Waals surface area contributed by atoms with E-state index in [2.05, 4.69) is 41.3 Å². The molecule has 92 heavy (non-hydrogen) atoms. The van der Waals surface area contributed by atoms with Crippen LogP contribution in [-0.2, 0) is 60.0 Å². The van der Waals surface area contributed by atoms with Gasteiger partial charge in [-0.25, -0.2) is 46.9 Å². The zero-order valence-corrected chi connectivity index (χ0v) is 65.9. The van der Waals surface area contributed by atoms with E-state index < -0.39 is 131 Å². The molecule has 8 aromatic rings. The Morgan fingerprint density at radius 3 is 1.12 bits per heavy atom. The Labute approximate surface area is 661 Å². The van der Waals surface area contributed by atoms with Crippen molar-refractivity contribution in [2.75, 3.05) is 31.9 Å². The number of anilines is 6. The maximum atomic E-state index is 13.7. The van der Waals surface area contributed by atoms with Crippen LogP contribution in [0.1, 0.15) is 52.6 Å². The Bertz CT molecular complexity index is 4850. The molecule has 0 aliphatic heterocycles.